The van der Waals surface area contributed by atoms with Gasteiger partial charge in [0.2, 0.25) is 5.91 Å². The Balaban J connectivity index is 1.56. The molecule has 0 spiro atoms. The number of amides is 1. The Bertz CT molecular complexity index is 1250. The largest absolute Gasteiger partial charge is 0.494 e. The molecule has 1 amide bonds. The van der Waals surface area contributed by atoms with Crippen molar-refractivity contribution in [2.45, 2.75) is 26.7 Å². The van der Waals surface area contributed by atoms with E-state index in [0.717, 1.165) is 22.6 Å². The van der Waals surface area contributed by atoms with E-state index in [1.807, 2.05) is 48.7 Å². The lowest BCUT2D eigenvalue weighted by molar-refractivity contribution is -0.116. The van der Waals surface area contributed by atoms with Gasteiger partial charge in [-0.25, -0.2) is 9.37 Å². The maximum absolute atomic E-state index is 13.4. The normalized spacial score (nSPS) is 10.9. The Labute approximate surface area is 192 Å². The van der Waals surface area contributed by atoms with E-state index in [2.05, 4.69) is 5.32 Å². The predicted molar refractivity (Wildman–Crippen MR) is 126 cm³/mol. The third-order valence-electron chi connectivity index (χ3n) is 5.17. The molecular formula is C26H26FN3O3. The van der Waals surface area contributed by atoms with Crippen LogP contribution in [0.5, 0.6) is 11.5 Å². The highest BCUT2D eigenvalue weighted by Crippen LogP contribution is 2.30. The van der Waals surface area contributed by atoms with E-state index >= 15 is 0 Å². The third-order valence-corrected chi connectivity index (χ3v) is 5.17. The molecular weight excluding hydrogens is 421 g/mol. The minimum absolute atomic E-state index is 0.152. The number of carbonyl (C=O) groups excluding carboxylic acids is 1. The number of hydrogen-bond acceptors (Lipinski definition) is 4. The summed E-state index contributed by atoms with van der Waals surface area (Å²) < 4.78 is 26.6. The summed E-state index contributed by atoms with van der Waals surface area (Å²) in [5, 5.41) is 2.95. The number of hydrogen-bond donors (Lipinski definition) is 1. The standard InChI is InChI=1S/C26H26FN3O3/c1-3-32-20-12-14-23(33-4-2)21(17-20)28-25(31)15-13-22-26(18-8-10-19(27)11-9-18)29-24-7-5-6-16-30(22)24/h5-12,14,16-17H,3-4,13,15H2,1-2H3,(H,28,31). The second-order valence-electron chi connectivity index (χ2n) is 7.42. The number of anilines is 1. The van der Waals surface area contributed by atoms with Crippen molar-refractivity contribution in [2.24, 2.45) is 0 Å². The van der Waals surface area contributed by atoms with Crippen molar-refractivity contribution < 1.29 is 18.7 Å². The van der Waals surface area contributed by atoms with Crippen LogP contribution < -0.4 is 14.8 Å². The molecule has 33 heavy (non-hydrogen) atoms. The quantitative estimate of drug-likeness (QED) is 0.368. The molecule has 2 aromatic carbocycles. The number of nitrogens with zero attached hydrogens (tertiary/aromatic N) is 2. The molecule has 0 saturated heterocycles. The van der Waals surface area contributed by atoms with Gasteiger partial charge in [-0.3, -0.25) is 4.79 Å². The summed E-state index contributed by atoms with van der Waals surface area (Å²) in [4.78, 5) is 17.6. The molecule has 0 bridgehead atoms. The molecule has 0 radical (unpaired) electrons. The lowest BCUT2D eigenvalue weighted by Crippen LogP contribution is -2.14. The number of halogens is 1. The van der Waals surface area contributed by atoms with Gasteiger partial charge in [0.15, 0.2) is 0 Å². The molecule has 170 valence electrons. The summed E-state index contributed by atoms with van der Waals surface area (Å²) in [6.45, 7) is 4.81. The van der Waals surface area contributed by atoms with Gasteiger partial charge in [-0.2, -0.15) is 0 Å². The van der Waals surface area contributed by atoms with Crippen molar-refractivity contribution in [3.63, 3.8) is 0 Å². The summed E-state index contributed by atoms with van der Waals surface area (Å²) in [7, 11) is 0. The number of benzene rings is 2. The average Bonchev–Trinajstić information content (AvgIpc) is 3.19. The Morgan fingerprint density at radius 1 is 1.03 bits per heavy atom. The summed E-state index contributed by atoms with van der Waals surface area (Å²) >= 11 is 0. The molecule has 0 aliphatic rings. The molecule has 1 N–H and O–H groups in total. The number of rotatable bonds is 9. The zero-order valence-corrected chi connectivity index (χ0v) is 18.7. The topological polar surface area (TPSA) is 64.9 Å². The molecule has 0 fully saturated rings. The van der Waals surface area contributed by atoms with Crippen LogP contribution in [0.3, 0.4) is 0 Å². The molecule has 6 nitrogen and oxygen atoms in total. The lowest BCUT2D eigenvalue weighted by Gasteiger charge is -2.14. The molecule has 0 atom stereocenters. The van der Waals surface area contributed by atoms with Crippen LogP contribution in [0.1, 0.15) is 26.0 Å². The van der Waals surface area contributed by atoms with Crippen LogP contribution in [0.2, 0.25) is 0 Å². The van der Waals surface area contributed by atoms with Crippen LogP contribution in [-0.4, -0.2) is 28.5 Å². The van der Waals surface area contributed by atoms with E-state index in [1.165, 1.54) is 12.1 Å². The van der Waals surface area contributed by atoms with E-state index < -0.39 is 0 Å². The Kier molecular flexibility index (Phi) is 6.88. The fraction of sp³-hybridized carbons (Fsp3) is 0.231. The molecule has 0 saturated carbocycles. The molecule has 2 heterocycles. The second-order valence-corrected chi connectivity index (χ2v) is 7.42. The SMILES string of the molecule is CCOc1ccc(OCC)c(NC(=O)CCc2c(-c3ccc(F)cc3)nc3ccccn23)c1. The van der Waals surface area contributed by atoms with Gasteiger partial charge in [0.05, 0.1) is 30.3 Å². The number of imidazole rings is 1. The second kappa shape index (κ2) is 10.2. The molecule has 4 aromatic rings. The highest BCUT2D eigenvalue weighted by atomic mass is 19.1. The van der Waals surface area contributed by atoms with Crippen molar-refractivity contribution >= 4 is 17.2 Å². The third kappa shape index (κ3) is 5.14. The Morgan fingerprint density at radius 3 is 2.58 bits per heavy atom. The molecule has 0 aliphatic heterocycles. The lowest BCUT2D eigenvalue weighted by atomic mass is 10.1. The minimum Gasteiger partial charge on any atom is -0.494 e. The monoisotopic (exact) mass is 447 g/mol. The highest BCUT2D eigenvalue weighted by Gasteiger charge is 2.16. The maximum atomic E-state index is 13.4. The predicted octanol–water partition coefficient (Wildman–Crippen LogP) is 5.51. The number of aromatic nitrogens is 2. The number of aryl methyl sites for hydroxylation is 1. The van der Waals surface area contributed by atoms with Crippen molar-refractivity contribution in [1.29, 1.82) is 0 Å². The Hall–Kier alpha value is -3.87. The van der Waals surface area contributed by atoms with Gasteiger partial charge in [0.1, 0.15) is 23.0 Å². The van der Waals surface area contributed by atoms with E-state index in [4.69, 9.17) is 14.5 Å². The molecule has 0 unspecified atom stereocenters. The average molecular weight is 448 g/mol. The molecule has 7 heteroatoms. The Morgan fingerprint density at radius 2 is 1.82 bits per heavy atom. The van der Waals surface area contributed by atoms with Crippen LogP contribution >= 0.6 is 0 Å². The molecule has 4 rings (SSSR count). The van der Waals surface area contributed by atoms with Crippen LogP contribution in [-0.2, 0) is 11.2 Å². The first-order valence-corrected chi connectivity index (χ1v) is 11.0. The zero-order valence-electron chi connectivity index (χ0n) is 18.7. The van der Waals surface area contributed by atoms with Crippen molar-refractivity contribution in [1.82, 2.24) is 9.38 Å². The van der Waals surface area contributed by atoms with Crippen LogP contribution in [0.15, 0.2) is 66.9 Å². The first kappa shape index (κ1) is 22.3. The first-order chi connectivity index (χ1) is 16.1. The summed E-state index contributed by atoms with van der Waals surface area (Å²) in [6, 6.07) is 17.3. The van der Waals surface area contributed by atoms with Crippen molar-refractivity contribution in [2.75, 3.05) is 18.5 Å². The number of ether oxygens (including phenoxy) is 2. The smallest absolute Gasteiger partial charge is 0.224 e. The van der Waals surface area contributed by atoms with Gasteiger partial charge in [0, 0.05) is 24.2 Å². The molecule has 2 aromatic heterocycles. The number of nitrogens with one attached hydrogen (secondary N) is 1. The van der Waals surface area contributed by atoms with Gasteiger partial charge in [-0.1, -0.05) is 6.07 Å². The van der Waals surface area contributed by atoms with Crippen molar-refractivity contribution in [3.8, 4) is 22.8 Å². The van der Waals surface area contributed by atoms with Gasteiger partial charge in [-0.15, -0.1) is 0 Å². The summed E-state index contributed by atoms with van der Waals surface area (Å²) in [5.74, 6) is 0.802. The van der Waals surface area contributed by atoms with Crippen molar-refractivity contribution in [3.05, 3.63) is 78.4 Å². The number of pyridine rings is 1. The van der Waals surface area contributed by atoms with Gasteiger partial charge < -0.3 is 19.2 Å². The van der Waals surface area contributed by atoms with Gasteiger partial charge in [0.25, 0.3) is 0 Å². The number of carbonyl (C=O) groups is 1. The first-order valence-electron chi connectivity index (χ1n) is 11.0. The highest BCUT2D eigenvalue weighted by molar-refractivity contribution is 5.92. The van der Waals surface area contributed by atoms with Gasteiger partial charge >= 0.3 is 0 Å². The minimum atomic E-state index is -0.303. The van der Waals surface area contributed by atoms with Crippen LogP contribution in [0.4, 0.5) is 10.1 Å². The van der Waals surface area contributed by atoms with Crippen LogP contribution in [0, 0.1) is 5.82 Å². The fourth-order valence-corrected chi connectivity index (χ4v) is 3.71. The summed E-state index contributed by atoms with van der Waals surface area (Å²) in [5.41, 5.74) is 3.78. The van der Waals surface area contributed by atoms with E-state index in [1.54, 1.807) is 24.3 Å². The summed E-state index contributed by atoms with van der Waals surface area (Å²) in [6.07, 6.45) is 2.61. The van der Waals surface area contributed by atoms with Gasteiger partial charge in [-0.05, 0) is 68.8 Å². The maximum Gasteiger partial charge on any atom is 0.224 e. The zero-order chi connectivity index (χ0) is 23.2. The van der Waals surface area contributed by atoms with E-state index in [0.29, 0.717) is 36.8 Å². The number of fused-ring (bicyclic) bond motifs is 1. The van der Waals surface area contributed by atoms with E-state index in [-0.39, 0.29) is 18.1 Å². The molecule has 0 aliphatic carbocycles. The van der Waals surface area contributed by atoms with E-state index in [9.17, 15) is 9.18 Å². The fourth-order valence-electron chi connectivity index (χ4n) is 3.71. The van der Waals surface area contributed by atoms with Crippen LogP contribution in [0.25, 0.3) is 16.9 Å².